The number of hydrazine groups is 1. The highest BCUT2D eigenvalue weighted by atomic mass is 35.5. The van der Waals surface area contributed by atoms with E-state index in [0.29, 0.717) is 29.8 Å². The molecule has 38 heavy (non-hydrogen) atoms. The SMILES string of the molecule is CC(C)CN(C1CCN(C(=O)C(Cc2ccc(Cl)cc2)NC(=O)CC2CCCN2)CC1)N1CCN(C)CC1. The molecule has 1 aromatic carbocycles. The van der Waals surface area contributed by atoms with E-state index >= 15 is 0 Å². The first-order chi connectivity index (χ1) is 18.3. The van der Waals surface area contributed by atoms with E-state index < -0.39 is 6.04 Å². The lowest BCUT2D eigenvalue weighted by molar-refractivity contribution is -0.141. The molecule has 0 aliphatic carbocycles. The number of piperidine rings is 1. The molecule has 3 saturated heterocycles. The summed E-state index contributed by atoms with van der Waals surface area (Å²) in [5, 5.41) is 12.3. The molecule has 0 aromatic heterocycles. The van der Waals surface area contributed by atoms with E-state index in [1.54, 1.807) is 0 Å². The maximum absolute atomic E-state index is 13.8. The highest BCUT2D eigenvalue weighted by Gasteiger charge is 2.34. The van der Waals surface area contributed by atoms with Gasteiger partial charge < -0.3 is 20.4 Å². The first-order valence-corrected chi connectivity index (χ1v) is 14.9. The number of carbonyl (C=O) groups excluding carboxylic acids is 2. The Kier molecular flexibility index (Phi) is 10.8. The van der Waals surface area contributed by atoms with Gasteiger partial charge in [-0.15, -0.1) is 0 Å². The number of nitrogens with one attached hydrogen (secondary N) is 2. The van der Waals surface area contributed by atoms with Crippen molar-refractivity contribution in [1.29, 1.82) is 0 Å². The third kappa shape index (κ3) is 8.39. The lowest BCUT2D eigenvalue weighted by Gasteiger charge is -2.47. The Bertz CT molecular complexity index is 891. The van der Waals surface area contributed by atoms with E-state index in [1.165, 1.54) is 0 Å². The fourth-order valence-electron chi connectivity index (χ4n) is 5.99. The van der Waals surface area contributed by atoms with Crippen LogP contribution in [0.4, 0.5) is 0 Å². The quantitative estimate of drug-likeness (QED) is 0.470. The average molecular weight is 547 g/mol. The van der Waals surface area contributed by atoms with Gasteiger partial charge in [0, 0.05) is 75.8 Å². The molecule has 2 atom stereocenters. The first kappa shape index (κ1) is 29.3. The molecule has 2 N–H and O–H groups in total. The molecule has 4 rings (SSSR count). The highest BCUT2D eigenvalue weighted by Crippen LogP contribution is 2.22. The Morgan fingerprint density at radius 2 is 1.74 bits per heavy atom. The Labute approximate surface area is 234 Å². The molecule has 0 radical (unpaired) electrons. The Morgan fingerprint density at radius 3 is 2.34 bits per heavy atom. The van der Waals surface area contributed by atoms with E-state index in [9.17, 15) is 9.59 Å². The number of nitrogens with zero attached hydrogens (tertiary/aromatic N) is 4. The van der Waals surface area contributed by atoms with E-state index in [4.69, 9.17) is 11.6 Å². The summed E-state index contributed by atoms with van der Waals surface area (Å²) in [4.78, 5) is 31.1. The third-order valence-corrected chi connectivity index (χ3v) is 8.43. The number of likely N-dealkylation sites (tertiary alicyclic amines) is 1. The number of halogens is 1. The van der Waals surface area contributed by atoms with Crippen LogP contribution in [0.5, 0.6) is 0 Å². The number of piperazine rings is 1. The van der Waals surface area contributed by atoms with Gasteiger partial charge in [0.05, 0.1) is 0 Å². The van der Waals surface area contributed by atoms with Crippen LogP contribution in [0.3, 0.4) is 0 Å². The fourth-order valence-corrected chi connectivity index (χ4v) is 6.12. The molecule has 3 aliphatic rings. The van der Waals surface area contributed by atoms with Gasteiger partial charge in [-0.1, -0.05) is 37.6 Å². The van der Waals surface area contributed by atoms with Crippen LogP contribution < -0.4 is 10.6 Å². The molecule has 2 amide bonds. The molecule has 0 spiro atoms. The summed E-state index contributed by atoms with van der Waals surface area (Å²) in [6.07, 6.45) is 4.91. The Hall–Kier alpha value is -1.71. The van der Waals surface area contributed by atoms with E-state index in [2.05, 4.69) is 46.4 Å². The van der Waals surface area contributed by atoms with Gasteiger partial charge in [-0.3, -0.25) is 9.59 Å². The molecule has 3 heterocycles. The van der Waals surface area contributed by atoms with Crippen molar-refractivity contribution in [2.24, 2.45) is 5.92 Å². The zero-order valence-electron chi connectivity index (χ0n) is 23.5. The van der Waals surface area contributed by atoms with Crippen molar-refractivity contribution in [3.8, 4) is 0 Å². The van der Waals surface area contributed by atoms with Crippen molar-refractivity contribution in [1.82, 2.24) is 30.5 Å². The van der Waals surface area contributed by atoms with Gasteiger partial charge in [-0.2, -0.15) is 0 Å². The van der Waals surface area contributed by atoms with Gasteiger partial charge in [0.25, 0.3) is 0 Å². The van der Waals surface area contributed by atoms with Crippen molar-refractivity contribution < 1.29 is 9.59 Å². The molecule has 1 aromatic rings. The fraction of sp³-hybridized carbons (Fsp3) is 0.724. The van der Waals surface area contributed by atoms with Crippen LogP contribution in [0.2, 0.25) is 5.02 Å². The van der Waals surface area contributed by atoms with Crippen molar-refractivity contribution in [3.05, 3.63) is 34.9 Å². The number of hydrogen-bond donors (Lipinski definition) is 2. The van der Waals surface area contributed by atoms with E-state index in [0.717, 1.165) is 83.6 Å². The zero-order chi connectivity index (χ0) is 27.1. The molecule has 9 heteroatoms. The van der Waals surface area contributed by atoms with Crippen molar-refractivity contribution in [2.45, 2.75) is 70.5 Å². The third-order valence-electron chi connectivity index (χ3n) is 8.17. The van der Waals surface area contributed by atoms with Crippen LogP contribution in [0.25, 0.3) is 0 Å². The second-order valence-corrected chi connectivity index (χ2v) is 12.2. The molecule has 8 nitrogen and oxygen atoms in total. The summed E-state index contributed by atoms with van der Waals surface area (Å²) in [5.41, 5.74) is 1.00. The molecule has 0 bridgehead atoms. The van der Waals surface area contributed by atoms with Crippen molar-refractivity contribution in [3.63, 3.8) is 0 Å². The minimum absolute atomic E-state index is 0.0288. The lowest BCUT2D eigenvalue weighted by Crippen LogP contribution is -2.60. The number of rotatable bonds is 10. The summed E-state index contributed by atoms with van der Waals surface area (Å²) in [6.45, 7) is 12.3. The minimum Gasteiger partial charge on any atom is -0.344 e. The monoisotopic (exact) mass is 546 g/mol. The van der Waals surface area contributed by atoms with Gasteiger partial charge in [0.15, 0.2) is 0 Å². The predicted molar refractivity (Wildman–Crippen MR) is 153 cm³/mol. The van der Waals surface area contributed by atoms with Gasteiger partial charge in [-0.05, 0) is 62.9 Å². The Morgan fingerprint density at radius 1 is 1.05 bits per heavy atom. The van der Waals surface area contributed by atoms with E-state index in [-0.39, 0.29) is 17.9 Å². The summed E-state index contributed by atoms with van der Waals surface area (Å²) >= 11 is 6.08. The molecular formula is C29H47ClN6O2. The highest BCUT2D eigenvalue weighted by molar-refractivity contribution is 6.30. The number of hydrogen-bond acceptors (Lipinski definition) is 6. The van der Waals surface area contributed by atoms with Crippen molar-refractivity contribution >= 4 is 23.4 Å². The van der Waals surface area contributed by atoms with Gasteiger partial charge in [-0.25, -0.2) is 10.0 Å². The molecule has 212 valence electrons. The Balaban J connectivity index is 1.38. The summed E-state index contributed by atoms with van der Waals surface area (Å²) in [5.74, 6) is 0.563. The number of amides is 2. The average Bonchev–Trinajstić information content (AvgIpc) is 3.41. The lowest BCUT2D eigenvalue weighted by atomic mass is 9.99. The zero-order valence-corrected chi connectivity index (χ0v) is 24.3. The summed E-state index contributed by atoms with van der Waals surface area (Å²) in [7, 11) is 2.19. The van der Waals surface area contributed by atoms with E-state index in [1.807, 2.05) is 29.2 Å². The second kappa shape index (κ2) is 14.1. The van der Waals surface area contributed by atoms with Crippen LogP contribution in [0, 0.1) is 5.92 Å². The summed E-state index contributed by atoms with van der Waals surface area (Å²) < 4.78 is 0. The summed E-state index contributed by atoms with van der Waals surface area (Å²) in [6, 6.07) is 7.66. The number of likely N-dealkylation sites (N-methyl/N-ethyl adjacent to an activating group) is 1. The smallest absolute Gasteiger partial charge is 0.245 e. The molecule has 0 saturated carbocycles. The van der Waals surface area contributed by atoms with Gasteiger partial charge in [0.2, 0.25) is 11.8 Å². The van der Waals surface area contributed by atoms with Gasteiger partial charge in [0.1, 0.15) is 6.04 Å². The molecule has 3 fully saturated rings. The van der Waals surface area contributed by atoms with Crippen molar-refractivity contribution in [2.75, 3.05) is 59.4 Å². The van der Waals surface area contributed by atoms with Crippen LogP contribution in [0.15, 0.2) is 24.3 Å². The minimum atomic E-state index is -0.564. The van der Waals surface area contributed by atoms with Crippen LogP contribution in [0.1, 0.15) is 51.5 Å². The number of carbonyl (C=O) groups is 2. The van der Waals surface area contributed by atoms with Crippen LogP contribution in [-0.2, 0) is 16.0 Å². The number of benzene rings is 1. The van der Waals surface area contributed by atoms with Crippen LogP contribution in [-0.4, -0.2) is 109 Å². The second-order valence-electron chi connectivity index (χ2n) is 11.8. The van der Waals surface area contributed by atoms with Gasteiger partial charge >= 0.3 is 0 Å². The largest absolute Gasteiger partial charge is 0.344 e. The molecule has 2 unspecified atom stereocenters. The first-order valence-electron chi connectivity index (χ1n) is 14.5. The topological polar surface area (TPSA) is 71.2 Å². The maximum Gasteiger partial charge on any atom is 0.245 e. The molecular weight excluding hydrogens is 500 g/mol. The molecule has 3 aliphatic heterocycles. The standard InChI is InChI=1S/C29H47ClN6O2/c1-22(2)21-36(35-17-15-33(3)16-18-35)26-10-13-34(14-11-26)29(38)27(19-23-6-8-24(30)9-7-23)32-28(37)20-25-5-4-12-31-25/h6-9,22,25-27,31H,4-5,10-21H2,1-3H3,(H,32,37). The van der Waals surface area contributed by atoms with Crippen LogP contribution >= 0.6 is 11.6 Å². The maximum atomic E-state index is 13.8. The predicted octanol–water partition coefficient (Wildman–Crippen LogP) is 2.62. The normalized spacial score (nSPS) is 22.8.